The molecule has 0 amide bonds. The van der Waals surface area contributed by atoms with Crippen LogP contribution in [0, 0.1) is 6.92 Å². The lowest BCUT2D eigenvalue weighted by Crippen LogP contribution is -2.25. The van der Waals surface area contributed by atoms with E-state index in [9.17, 15) is 5.11 Å². The number of benzene rings is 2. The fourth-order valence-electron chi connectivity index (χ4n) is 3.17. The molecule has 1 unspecified atom stereocenters. The number of aryl methyl sites for hydroxylation is 2. The van der Waals surface area contributed by atoms with Crippen LogP contribution in [0.4, 0.5) is 0 Å². The lowest BCUT2D eigenvalue weighted by Gasteiger charge is -2.27. The maximum Gasteiger partial charge on any atom is 0.125 e. The van der Waals surface area contributed by atoms with E-state index in [0.29, 0.717) is 6.61 Å². The van der Waals surface area contributed by atoms with Gasteiger partial charge in [-0.05, 0) is 43.4 Å². The highest BCUT2D eigenvalue weighted by atomic mass is 16.5. The first-order valence-corrected chi connectivity index (χ1v) is 7.70. The van der Waals surface area contributed by atoms with Gasteiger partial charge >= 0.3 is 0 Å². The number of hydrogen-bond acceptors (Lipinski definition) is 2. The van der Waals surface area contributed by atoms with Crippen molar-refractivity contribution in [3.63, 3.8) is 0 Å². The summed E-state index contributed by atoms with van der Waals surface area (Å²) in [5.41, 5.74) is 3.43. The number of ether oxygens (including phenoxy) is 1. The Balaban J connectivity index is 2.07. The van der Waals surface area contributed by atoms with Crippen molar-refractivity contribution in [2.45, 2.75) is 38.7 Å². The van der Waals surface area contributed by atoms with E-state index in [0.717, 1.165) is 36.1 Å². The average molecular weight is 282 g/mol. The van der Waals surface area contributed by atoms with Crippen molar-refractivity contribution >= 4 is 0 Å². The normalized spacial score (nSPS) is 20.3. The van der Waals surface area contributed by atoms with Gasteiger partial charge in [-0.2, -0.15) is 0 Å². The van der Waals surface area contributed by atoms with Crippen LogP contribution in [0.15, 0.2) is 42.5 Å². The van der Waals surface area contributed by atoms with Crippen LogP contribution in [0.2, 0.25) is 0 Å². The summed E-state index contributed by atoms with van der Waals surface area (Å²) in [5, 5.41) is 11.3. The summed E-state index contributed by atoms with van der Waals surface area (Å²) in [6.45, 7) is 4.83. The minimum Gasteiger partial charge on any atom is -0.493 e. The van der Waals surface area contributed by atoms with Crippen LogP contribution in [0.3, 0.4) is 0 Å². The Morgan fingerprint density at radius 2 is 1.95 bits per heavy atom. The van der Waals surface area contributed by atoms with Gasteiger partial charge < -0.3 is 9.84 Å². The van der Waals surface area contributed by atoms with Gasteiger partial charge in [0, 0.05) is 5.56 Å². The summed E-state index contributed by atoms with van der Waals surface area (Å²) in [7, 11) is 0. The molecule has 0 aromatic heterocycles. The molecule has 0 aliphatic heterocycles. The maximum atomic E-state index is 11.3. The third-order valence-electron chi connectivity index (χ3n) is 4.26. The standard InChI is InChI=1S/C19H22O2/c1-3-12-21-18-7-5-4-6-16(18)19(20)11-10-15-9-8-14(2)13-17(15)19/h4-9,13,20H,3,10-12H2,1-2H3. The summed E-state index contributed by atoms with van der Waals surface area (Å²) in [6, 6.07) is 14.2. The lowest BCUT2D eigenvalue weighted by atomic mass is 9.86. The second kappa shape index (κ2) is 5.53. The predicted octanol–water partition coefficient (Wildman–Crippen LogP) is 3.97. The number of aliphatic hydroxyl groups is 1. The fourth-order valence-corrected chi connectivity index (χ4v) is 3.17. The molecule has 110 valence electrons. The van der Waals surface area contributed by atoms with Gasteiger partial charge in [-0.25, -0.2) is 0 Å². The summed E-state index contributed by atoms with van der Waals surface area (Å²) < 4.78 is 5.85. The fraction of sp³-hybridized carbons (Fsp3) is 0.368. The lowest BCUT2D eigenvalue weighted by molar-refractivity contribution is 0.0790. The molecule has 1 atom stereocenters. The number of para-hydroxylation sites is 1. The van der Waals surface area contributed by atoms with Crippen LogP contribution in [-0.4, -0.2) is 11.7 Å². The SMILES string of the molecule is CCCOc1ccccc1C1(O)CCc2ccc(C)cc21. The molecule has 0 spiro atoms. The Hall–Kier alpha value is -1.80. The molecular weight excluding hydrogens is 260 g/mol. The van der Waals surface area contributed by atoms with Crippen LogP contribution in [0.1, 0.15) is 42.0 Å². The van der Waals surface area contributed by atoms with Crippen LogP contribution >= 0.6 is 0 Å². The first-order valence-electron chi connectivity index (χ1n) is 7.70. The molecule has 3 rings (SSSR count). The van der Waals surface area contributed by atoms with Gasteiger partial charge in [0.1, 0.15) is 11.4 Å². The quantitative estimate of drug-likeness (QED) is 0.919. The van der Waals surface area contributed by atoms with Gasteiger partial charge in [0.2, 0.25) is 0 Å². The highest BCUT2D eigenvalue weighted by Gasteiger charge is 2.40. The van der Waals surface area contributed by atoms with Crippen molar-refractivity contribution in [3.8, 4) is 5.75 Å². The molecule has 0 saturated carbocycles. The monoisotopic (exact) mass is 282 g/mol. The Morgan fingerprint density at radius 1 is 1.14 bits per heavy atom. The van der Waals surface area contributed by atoms with Gasteiger partial charge in [0.25, 0.3) is 0 Å². The van der Waals surface area contributed by atoms with E-state index in [4.69, 9.17) is 4.74 Å². The van der Waals surface area contributed by atoms with Gasteiger partial charge in [-0.15, -0.1) is 0 Å². The molecule has 1 N–H and O–H groups in total. The molecule has 1 aliphatic rings. The molecule has 21 heavy (non-hydrogen) atoms. The largest absolute Gasteiger partial charge is 0.493 e. The molecule has 2 aromatic carbocycles. The molecule has 0 radical (unpaired) electrons. The highest BCUT2D eigenvalue weighted by molar-refractivity contribution is 5.51. The molecule has 1 aliphatic carbocycles. The Morgan fingerprint density at radius 3 is 2.76 bits per heavy atom. The van der Waals surface area contributed by atoms with Crippen molar-refractivity contribution in [1.82, 2.24) is 0 Å². The van der Waals surface area contributed by atoms with E-state index in [2.05, 4.69) is 32.0 Å². The third-order valence-corrected chi connectivity index (χ3v) is 4.26. The minimum absolute atomic E-state index is 0.674. The maximum absolute atomic E-state index is 11.3. The number of rotatable bonds is 4. The second-order valence-electron chi connectivity index (χ2n) is 5.87. The van der Waals surface area contributed by atoms with Gasteiger partial charge in [-0.1, -0.05) is 48.9 Å². The van der Waals surface area contributed by atoms with Crippen LogP contribution in [0.5, 0.6) is 5.75 Å². The van der Waals surface area contributed by atoms with E-state index in [1.54, 1.807) is 0 Å². The Bertz CT molecular complexity index is 648. The van der Waals surface area contributed by atoms with Crippen LogP contribution in [-0.2, 0) is 12.0 Å². The van der Waals surface area contributed by atoms with E-state index in [1.807, 2.05) is 24.3 Å². The molecule has 0 fully saturated rings. The average Bonchev–Trinajstić information content (AvgIpc) is 2.83. The summed E-state index contributed by atoms with van der Waals surface area (Å²) >= 11 is 0. The van der Waals surface area contributed by atoms with Crippen molar-refractivity contribution in [3.05, 3.63) is 64.7 Å². The topological polar surface area (TPSA) is 29.5 Å². The zero-order chi connectivity index (χ0) is 14.9. The third kappa shape index (κ3) is 2.44. The van der Waals surface area contributed by atoms with Gasteiger partial charge in [0.05, 0.1) is 6.61 Å². The molecule has 0 saturated heterocycles. The molecule has 2 heteroatoms. The summed E-state index contributed by atoms with van der Waals surface area (Å²) in [5.74, 6) is 0.802. The Kier molecular flexibility index (Phi) is 3.73. The second-order valence-corrected chi connectivity index (χ2v) is 5.87. The first-order chi connectivity index (χ1) is 10.1. The first kappa shape index (κ1) is 14.2. The number of fused-ring (bicyclic) bond motifs is 1. The van der Waals surface area contributed by atoms with Crippen LogP contribution in [0.25, 0.3) is 0 Å². The molecule has 0 heterocycles. The Labute approximate surface area is 126 Å². The van der Waals surface area contributed by atoms with Crippen molar-refractivity contribution < 1.29 is 9.84 Å². The van der Waals surface area contributed by atoms with Crippen molar-refractivity contribution in [2.75, 3.05) is 6.61 Å². The predicted molar refractivity (Wildman–Crippen MR) is 84.7 cm³/mol. The van der Waals surface area contributed by atoms with Crippen molar-refractivity contribution in [1.29, 1.82) is 0 Å². The molecular formula is C19H22O2. The minimum atomic E-state index is -0.925. The van der Waals surface area contributed by atoms with Crippen molar-refractivity contribution in [2.24, 2.45) is 0 Å². The zero-order valence-electron chi connectivity index (χ0n) is 12.7. The van der Waals surface area contributed by atoms with E-state index >= 15 is 0 Å². The molecule has 2 aromatic rings. The zero-order valence-corrected chi connectivity index (χ0v) is 12.7. The van der Waals surface area contributed by atoms with E-state index in [-0.39, 0.29) is 0 Å². The highest BCUT2D eigenvalue weighted by Crippen LogP contribution is 2.45. The van der Waals surface area contributed by atoms with Gasteiger partial charge in [-0.3, -0.25) is 0 Å². The molecule has 2 nitrogen and oxygen atoms in total. The summed E-state index contributed by atoms with van der Waals surface area (Å²) in [4.78, 5) is 0. The smallest absolute Gasteiger partial charge is 0.125 e. The molecule has 0 bridgehead atoms. The summed E-state index contributed by atoms with van der Waals surface area (Å²) in [6.07, 6.45) is 2.59. The number of hydrogen-bond donors (Lipinski definition) is 1. The van der Waals surface area contributed by atoms with E-state index in [1.165, 1.54) is 11.1 Å². The van der Waals surface area contributed by atoms with Gasteiger partial charge in [0.15, 0.2) is 0 Å². The van der Waals surface area contributed by atoms with Crippen LogP contribution < -0.4 is 4.74 Å². The van der Waals surface area contributed by atoms with E-state index < -0.39 is 5.60 Å².